The molecule has 1 aromatic heterocycles. The summed E-state index contributed by atoms with van der Waals surface area (Å²) in [7, 11) is 0. The molecule has 0 saturated carbocycles. The molecule has 1 N–H and O–H groups in total. The van der Waals surface area contributed by atoms with E-state index in [1.54, 1.807) is 24.3 Å². The van der Waals surface area contributed by atoms with Crippen LogP contribution in [-0.2, 0) is 11.3 Å². The summed E-state index contributed by atoms with van der Waals surface area (Å²) in [5, 5.41) is 12.6. The number of amides is 1. The van der Waals surface area contributed by atoms with Gasteiger partial charge in [0.25, 0.3) is 0 Å². The number of thioether (sulfide) groups is 1. The Labute approximate surface area is 155 Å². The fraction of sp³-hybridized carbons (Fsp3) is 0.312. The Morgan fingerprint density at radius 2 is 2.21 bits per heavy atom. The summed E-state index contributed by atoms with van der Waals surface area (Å²) in [6.45, 7) is 8.59. The molecule has 1 atom stereocenters. The number of aromatic nitrogens is 3. The molecule has 1 heterocycles. The Morgan fingerprint density at radius 3 is 2.83 bits per heavy atom. The van der Waals surface area contributed by atoms with Gasteiger partial charge in [-0.3, -0.25) is 9.36 Å². The molecule has 0 unspecified atom stereocenters. The number of carbonyl (C=O) groups excluding carboxylic acids is 1. The zero-order chi connectivity index (χ0) is 17.7. The Bertz CT molecular complexity index is 748. The second-order valence-corrected chi connectivity index (χ2v) is 7.14. The monoisotopic (exact) mass is 384 g/mol. The molecular formula is C16H18Cl2N4OS. The van der Waals surface area contributed by atoms with Crippen LogP contribution in [-0.4, -0.2) is 32.5 Å². The maximum atomic E-state index is 11.9. The minimum Gasteiger partial charge on any atom is -0.355 e. The zero-order valence-corrected chi connectivity index (χ0v) is 15.8. The van der Waals surface area contributed by atoms with Crippen molar-refractivity contribution in [1.82, 2.24) is 20.1 Å². The standard InChI is InChI=1S/C16H18Cl2N4OS/c1-4-8-22-14(12-7-6-11(17)9-13(12)18)20-21-16(22)24-10(3)15(23)19-5-2/h4,6-7,9-10H,1,5,8H2,2-3H3,(H,19,23)/t10-/m1/s1. The first-order valence-electron chi connectivity index (χ1n) is 7.41. The van der Waals surface area contributed by atoms with E-state index in [2.05, 4.69) is 22.1 Å². The number of allylic oxidation sites excluding steroid dienone is 1. The number of nitrogens with zero attached hydrogens (tertiary/aromatic N) is 3. The summed E-state index contributed by atoms with van der Waals surface area (Å²) in [6, 6.07) is 5.21. The first-order chi connectivity index (χ1) is 11.5. The van der Waals surface area contributed by atoms with Crippen molar-refractivity contribution < 1.29 is 4.79 Å². The van der Waals surface area contributed by atoms with Crippen LogP contribution in [0, 0.1) is 0 Å². The van der Waals surface area contributed by atoms with Crippen LogP contribution in [0.3, 0.4) is 0 Å². The topological polar surface area (TPSA) is 59.8 Å². The molecule has 0 aliphatic rings. The van der Waals surface area contributed by atoms with Crippen LogP contribution in [0.4, 0.5) is 0 Å². The highest BCUT2D eigenvalue weighted by Gasteiger charge is 2.21. The van der Waals surface area contributed by atoms with Gasteiger partial charge in [-0.15, -0.1) is 16.8 Å². The molecule has 128 valence electrons. The predicted molar refractivity (Wildman–Crippen MR) is 99.7 cm³/mol. The summed E-state index contributed by atoms with van der Waals surface area (Å²) >= 11 is 13.6. The SMILES string of the molecule is C=CCn1c(S[C@H](C)C(=O)NCC)nnc1-c1ccc(Cl)cc1Cl. The van der Waals surface area contributed by atoms with Gasteiger partial charge in [0, 0.05) is 23.7 Å². The van der Waals surface area contributed by atoms with Crippen molar-refractivity contribution in [3.63, 3.8) is 0 Å². The van der Waals surface area contributed by atoms with E-state index in [9.17, 15) is 4.79 Å². The third-order valence-electron chi connectivity index (χ3n) is 3.20. The lowest BCUT2D eigenvalue weighted by Crippen LogP contribution is -2.30. The van der Waals surface area contributed by atoms with Gasteiger partial charge in [-0.1, -0.05) is 41.0 Å². The van der Waals surface area contributed by atoms with Crippen molar-refractivity contribution in [3.05, 3.63) is 40.9 Å². The Hall–Kier alpha value is -1.50. The van der Waals surface area contributed by atoms with Crippen molar-refractivity contribution in [2.75, 3.05) is 6.54 Å². The van der Waals surface area contributed by atoms with Gasteiger partial charge in [-0.05, 0) is 32.0 Å². The molecule has 0 bridgehead atoms. The largest absolute Gasteiger partial charge is 0.355 e. The average Bonchev–Trinajstić information content (AvgIpc) is 2.91. The normalized spacial score (nSPS) is 12.0. The van der Waals surface area contributed by atoms with Crippen LogP contribution in [0.2, 0.25) is 10.0 Å². The van der Waals surface area contributed by atoms with E-state index in [4.69, 9.17) is 23.2 Å². The lowest BCUT2D eigenvalue weighted by Gasteiger charge is -2.12. The van der Waals surface area contributed by atoms with E-state index in [1.165, 1.54) is 11.8 Å². The second kappa shape index (κ2) is 8.55. The quantitative estimate of drug-likeness (QED) is 0.577. The highest BCUT2D eigenvalue weighted by atomic mass is 35.5. The van der Waals surface area contributed by atoms with E-state index in [0.717, 1.165) is 5.56 Å². The van der Waals surface area contributed by atoms with Gasteiger partial charge in [-0.25, -0.2) is 0 Å². The smallest absolute Gasteiger partial charge is 0.233 e. The van der Waals surface area contributed by atoms with E-state index >= 15 is 0 Å². The summed E-state index contributed by atoms with van der Waals surface area (Å²) in [5.74, 6) is 0.573. The van der Waals surface area contributed by atoms with Crippen LogP contribution in [0.15, 0.2) is 36.0 Å². The maximum absolute atomic E-state index is 11.9. The third kappa shape index (κ3) is 4.32. The van der Waals surface area contributed by atoms with Crippen LogP contribution in [0.5, 0.6) is 0 Å². The fourth-order valence-corrected chi connectivity index (χ4v) is 3.45. The fourth-order valence-electron chi connectivity index (χ4n) is 2.07. The molecular weight excluding hydrogens is 367 g/mol. The molecule has 0 aliphatic heterocycles. The second-order valence-electron chi connectivity index (χ2n) is 4.98. The summed E-state index contributed by atoms with van der Waals surface area (Å²) in [6.07, 6.45) is 1.75. The highest BCUT2D eigenvalue weighted by molar-refractivity contribution is 8.00. The molecule has 1 aromatic carbocycles. The van der Waals surface area contributed by atoms with Gasteiger partial charge in [0.1, 0.15) is 0 Å². The number of carbonyl (C=O) groups is 1. The number of hydrogen-bond donors (Lipinski definition) is 1. The molecule has 5 nitrogen and oxygen atoms in total. The van der Waals surface area contributed by atoms with Gasteiger partial charge < -0.3 is 5.32 Å². The van der Waals surface area contributed by atoms with E-state index < -0.39 is 0 Å². The van der Waals surface area contributed by atoms with Gasteiger partial charge in [-0.2, -0.15) is 0 Å². The van der Waals surface area contributed by atoms with Gasteiger partial charge >= 0.3 is 0 Å². The van der Waals surface area contributed by atoms with Gasteiger partial charge in [0.05, 0.1) is 10.3 Å². The summed E-state index contributed by atoms with van der Waals surface area (Å²) < 4.78 is 1.88. The molecule has 0 fully saturated rings. The highest BCUT2D eigenvalue weighted by Crippen LogP contribution is 2.32. The number of rotatable bonds is 7. The van der Waals surface area contributed by atoms with Gasteiger partial charge in [0.15, 0.2) is 11.0 Å². The van der Waals surface area contributed by atoms with Crippen molar-refractivity contribution in [2.24, 2.45) is 0 Å². The maximum Gasteiger partial charge on any atom is 0.233 e. The van der Waals surface area contributed by atoms with Crippen LogP contribution < -0.4 is 5.32 Å². The first kappa shape index (κ1) is 18.8. The average molecular weight is 385 g/mol. The molecule has 24 heavy (non-hydrogen) atoms. The van der Waals surface area contributed by atoms with Crippen molar-refractivity contribution in [3.8, 4) is 11.4 Å². The molecule has 0 radical (unpaired) electrons. The van der Waals surface area contributed by atoms with E-state index in [-0.39, 0.29) is 11.2 Å². The number of halogens is 2. The predicted octanol–water partition coefficient (Wildman–Crippen LogP) is 4.05. The number of hydrogen-bond acceptors (Lipinski definition) is 4. The molecule has 2 rings (SSSR count). The molecule has 0 spiro atoms. The van der Waals surface area contributed by atoms with Crippen molar-refractivity contribution >= 4 is 40.9 Å². The molecule has 0 aliphatic carbocycles. The van der Waals surface area contributed by atoms with Crippen molar-refractivity contribution in [1.29, 1.82) is 0 Å². The minimum atomic E-state index is -0.286. The number of nitrogens with one attached hydrogen (secondary N) is 1. The van der Waals surface area contributed by atoms with Crippen LogP contribution in [0.25, 0.3) is 11.4 Å². The lowest BCUT2D eigenvalue weighted by molar-refractivity contribution is -0.120. The van der Waals surface area contributed by atoms with Crippen LogP contribution in [0.1, 0.15) is 13.8 Å². The third-order valence-corrected chi connectivity index (χ3v) is 4.83. The molecule has 0 saturated heterocycles. The van der Waals surface area contributed by atoms with E-state index in [0.29, 0.717) is 34.1 Å². The van der Waals surface area contributed by atoms with Crippen molar-refractivity contribution in [2.45, 2.75) is 30.8 Å². The molecule has 1 amide bonds. The van der Waals surface area contributed by atoms with Crippen LogP contribution >= 0.6 is 35.0 Å². The summed E-state index contributed by atoms with van der Waals surface area (Å²) in [5.41, 5.74) is 0.730. The van der Waals surface area contributed by atoms with Gasteiger partial charge in [0.2, 0.25) is 5.91 Å². The first-order valence-corrected chi connectivity index (χ1v) is 9.05. The zero-order valence-electron chi connectivity index (χ0n) is 13.4. The summed E-state index contributed by atoms with van der Waals surface area (Å²) in [4.78, 5) is 11.9. The number of benzene rings is 1. The Morgan fingerprint density at radius 1 is 1.46 bits per heavy atom. The lowest BCUT2D eigenvalue weighted by atomic mass is 10.2. The Kier molecular flexibility index (Phi) is 6.71. The minimum absolute atomic E-state index is 0.0401. The molecule has 2 aromatic rings. The van der Waals surface area contributed by atoms with E-state index in [1.807, 2.05) is 18.4 Å². The molecule has 8 heteroatoms. The Balaban J connectivity index is 2.36.